The summed E-state index contributed by atoms with van der Waals surface area (Å²) in [6.07, 6.45) is 5.48. The quantitative estimate of drug-likeness (QED) is 0.732. The molecule has 0 aliphatic rings. The average molecular weight is 195 g/mol. The van der Waals surface area contributed by atoms with E-state index in [0.29, 0.717) is 6.42 Å². The number of hydrogen-bond acceptors (Lipinski definition) is 1. The average Bonchev–Trinajstić information content (AvgIpc) is 2.12. The van der Waals surface area contributed by atoms with Gasteiger partial charge < -0.3 is 5.73 Å². The van der Waals surface area contributed by atoms with Crippen LogP contribution in [-0.4, -0.2) is 6.04 Å². The number of hydrogen-bond donors (Lipinski definition) is 1. The predicted octanol–water partition coefficient (Wildman–Crippen LogP) is 1.86. The normalized spacial score (nSPS) is 12.1. The van der Waals surface area contributed by atoms with Crippen LogP contribution in [0.4, 0.5) is 8.78 Å². The highest BCUT2D eigenvalue weighted by molar-refractivity contribution is 5.21. The molecule has 3 heteroatoms. The SMILES string of the molecule is C#CCC(N)Cc1c(F)cccc1F. The molecule has 0 aliphatic carbocycles. The molecule has 1 unspecified atom stereocenters. The second-order valence-corrected chi connectivity index (χ2v) is 3.07. The Labute approximate surface area is 81.9 Å². The minimum absolute atomic E-state index is 0.00949. The Morgan fingerprint density at radius 1 is 1.36 bits per heavy atom. The highest BCUT2D eigenvalue weighted by atomic mass is 19.1. The van der Waals surface area contributed by atoms with Crippen LogP contribution in [0.2, 0.25) is 0 Å². The van der Waals surface area contributed by atoms with Crippen molar-refractivity contribution in [1.29, 1.82) is 0 Å². The molecule has 0 saturated heterocycles. The lowest BCUT2D eigenvalue weighted by molar-refractivity contribution is 0.537. The van der Waals surface area contributed by atoms with E-state index in [2.05, 4.69) is 5.92 Å². The van der Waals surface area contributed by atoms with Crippen molar-refractivity contribution in [2.45, 2.75) is 18.9 Å². The molecule has 1 nitrogen and oxygen atoms in total. The van der Waals surface area contributed by atoms with Crippen molar-refractivity contribution >= 4 is 0 Å². The fraction of sp³-hybridized carbons (Fsp3) is 0.273. The summed E-state index contributed by atoms with van der Waals surface area (Å²) >= 11 is 0. The van der Waals surface area contributed by atoms with E-state index in [0.717, 1.165) is 0 Å². The van der Waals surface area contributed by atoms with Crippen molar-refractivity contribution in [3.8, 4) is 12.3 Å². The third-order valence-electron chi connectivity index (χ3n) is 1.91. The van der Waals surface area contributed by atoms with Gasteiger partial charge in [-0.05, 0) is 18.6 Å². The molecule has 0 aromatic heterocycles. The van der Waals surface area contributed by atoms with Gasteiger partial charge in [0.2, 0.25) is 0 Å². The van der Waals surface area contributed by atoms with Gasteiger partial charge >= 0.3 is 0 Å². The Balaban J connectivity index is 2.81. The fourth-order valence-corrected chi connectivity index (χ4v) is 1.21. The van der Waals surface area contributed by atoms with Gasteiger partial charge in [-0.1, -0.05) is 6.07 Å². The predicted molar refractivity (Wildman–Crippen MR) is 51.5 cm³/mol. The molecule has 1 aromatic rings. The first kappa shape index (κ1) is 10.7. The van der Waals surface area contributed by atoms with E-state index in [1.807, 2.05) is 0 Å². The maximum absolute atomic E-state index is 13.1. The van der Waals surface area contributed by atoms with Crippen LogP contribution >= 0.6 is 0 Å². The molecule has 0 fully saturated rings. The summed E-state index contributed by atoms with van der Waals surface area (Å²) in [6, 6.07) is 3.34. The molecule has 0 heterocycles. The monoisotopic (exact) mass is 195 g/mol. The van der Waals surface area contributed by atoms with Crippen LogP contribution in [0.15, 0.2) is 18.2 Å². The zero-order chi connectivity index (χ0) is 10.6. The highest BCUT2D eigenvalue weighted by Gasteiger charge is 2.11. The van der Waals surface area contributed by atoms with Gasteiger partial charge in [-0.15, -0.1) is 12.3 Å². The summed E-state index contributed by atoms with van der Waals surface area (Å²) < 4.78 is 26.2. The summed E-state index contributed by atoms with van der Waals surface area (Å²) in [5.74, 6) is 1.21. The van der Waals surface area contributed by atoms with E-state index >= 15 is 0 Å². The first-order valence-corrected chi connectivity index (χ1v) is 4.27. The summed E-state index contributed by atoms with van der Waals surface area (Å²) in [6.45, 7) is 0. The largest absolute Gasteiger partial charge is 0.327 e. The lowest BCUT2D eigenvalue weighted by atomic mass is 10.0. The minimum atomic E-state index is -0.572. The number of rotatable bonds is 3. The molecule has 0 saturated carbocycles. The van der Waals surface area contributed by atoms with Crippen LogP contribution in [0.25, 0.3) is 0 Å². The van der Waals surface area contributed by atoms with E-state index in [1.54, 1.807) is 0 Å². The Morgan fingerprint density at radius 2 is 1.93 bits per heavy atom. The zero-order valence-electron chi connectivity index (χ0n) is 7.63. The van der Waals surface area contributed by atoms with Crippen molar-refractivity contribution in [3.63, 3.8) is 0 Å². The van der Waals surface area contributed by atoms with Crippen LogP contribution in [0.3, 0.4) is 0 Å². The first-order chi connectivity index (χ1) is 6.65. The van der Waals surface area contributed by atoms with Crippen molar-refractivity contribution in [2.24, 2.45) is 5.73 Å². The van der Waals surface area contributed by atoms with Crippen molar-refractivity contribution < 1.29 is 8.78 Å². The summed E-state index contributed by atoms with van der Waals surface area (Å²) in [4.78, 5) is 0. The van der Waals surface area contributed by atoms with Crippen molar-refractivity contribution in [1.82, 2.24) is 0 Å². The van der Waals surface area contributed by atoms with Gasteiger partial charge in [-0.25, -0.2) is 8.78 Å². The van der Waals surface area contributed by atoms with Gasteiger partial charge in [0, 0.05) is 18.0 Å². The number of halogens is 2. The molecule has 0 aliphatic heterocycles. The molecular weight excluding hydrogens is 184 g/mol. The molecule has 1 atom stereocenters. The molecule has 74 valence electrons. The standard InChI is InChI=1S/C11H11F2N/c1-2-4-8(14)7-9-10(12)5-3-6-11(9)13/h1,3,5-6,8H,4,7,14H2. The molecule has 0 spiro atoms. The Hall–Kier alpha value is -1.40. The first-order valence-electron chi connectivity index (χ1n) is 4.27. The molecule has 1 aromatic carbocycles. The maximum atomic E-state index is 13.1. The number of nitrogens with two attached hydrogens (primary N) is 1. The van der Waals surface area contributed by atoms with Crippen LogP contribution in [0.5, 0.6) is 0 Å². The van der Waals surface area contributed by atoms with Gasteiger partial charge in [-0.3, -0.25) is 0 Å². The summed E-state index contributed by atoms with van der Waals surface area (Å²) in [5.41, 5.74) is 5.59. The molecule has 14 heavy (non-hydrogen) atoms. The van der Waals surface area contributed by atoms with E-state index < -0.39 is 17.7 Å². The van der Waals surface area contributed by atoms with Crippen molar-refractivity contribution in [2.75, 3.05) is 0 Å². The minimum Gasteiger partial charge on any atom is -0.327 e. The van der Waals surface area contributed by atoms with Crippen LogP contribution in [0.1, 0.15) is 12.0 Å². The third-order valence-corrected chi connectivity index (χ3v) is 1.91. The second kappa shape index (κ2) is 4.73. The number of benzene rings is 1. The maximum Gasteiger partial charge on any atom is 0.129 e. The highest BCUT2D eigenvalue weighted by Crippen LogP contribution is 2.14. The Bertz CT molecular complexity index is 335. The van der Waals surface area contributed by atoms with Gasteiger partial charge in [0.25, 0.3) is 0 Å². The molecule has 1 rings (SSSR count). The van der Waals surface area contributed by atoms with E-state index in [4.69, 9.17) is 12.2 Å². The van der Waals surface area contributed by atoms with E-state index in [9.17, 15) is 8.78 Å². The molecule has 0 radical (unpaired) electrons. The van der Waals surface area contributed by atoms with Gasteiger partial charge in [-0.2, -0.15) is 0 Å². The van der Waals surface area contributed by atoms with Gasteiger partial charge in [0.05, 0.1) is 0 Å². The topological polar surface area (TPSA) is 26.0 Å². The lowest BCUT2D eigenvalue weighted by Gasteiger charge is -2.09. The van der Waals surface area contributed by atoms with E-state index in [1.165, 1.54) is 18.2 Å². The third kappa shape index (κ3) is 2.54. The van der Waals surface area contributed by atoms with Crippen molar-refractivity contribution in [3.05, 3.63) is 35.4 Å². The van der Waals surface area contributed by atoms with Gasteiger partial charge in [0.15, 0.2) is 0 Å². The Morgan fingerprint density at radius 3 is 2.43 bits per heavy atom. The van der Waals surface area contributed by atoms with Gasteiger partial charge in [0.1, 0.15) is 11.6 Å². The summed E-state index contributed by atoms with van der Waals surface area (Å²) in [5, 5.41) is 0. The lowest BCUT2D eigenvalue weighted by Crippen LogP contribution is -2.23. The molecule has 0 amide bonds. The second-order valence-electron chi connectivity index (χ2n) is 3.07. The molecule has 0 bridgehead atoms. The van der Waals surface area contributed by atoms with Crippen LogP contribution < -0.4 is 5.73 Å². The fourth-order valence-electron chi connectivity index (χ4n) is 1.21. The zero-order valence-corrected chi connectivity index (χ0v) is 7.63. The van der Waals surface area contributed by atoms with E-state index in [-0.39, 0.29) is 12.0 Å². The number of terminal acetylenes is 1. The smallest absolute Gasteiger partial charge is 0.129 e. The summed E-state index contributed by atoms with van der Waals surface area (Å²) in [7, 11) is 0. The van der Waals surface area contributed by atoms with Crippen LogP contribution in [0, 0.1) is 24.0 Å². The molecule has 2 N–H and O–H groups in total. The Kier molecular flexibility index (Phi) is 3.61. The molecular formula is C11H11F2N. The van der Waals surface area contributed by atoms with Crippen LogP contribution in [-0.2, 0) is 6.42 Å².